The number of hydrogen-bond donors (Lipinski definition) is 1. The molecule has 7 nitrogen and oxygen atoms in total. The number of furan rings is 1. The van der Waals surface area contributed by atoms with E-state index < -0.39 is 0 Å². The Hall–Kier alpha value is -3.35. The number of anilines is 1. The van der Waals surface area contributed by atoms with Crippen molar-refractivity contribution in [1.82, 2.24) is 9.97 Å². The maximum Gasteiger partial charge on any atom is 0.223 e. The molecule has 0 radical (unpaired) electrons. The van der Waals surface area contributed by atoms with Crippen molar-refractivity contribution in [3.05, 3.63) is 65.4 Å². The van der Waals surface area contributed by atoms with Crippen LogP contribution < -0.4 is 14.8 Å². The topological polar surface area (TPSA) is 86.5 Å². The van der Waals surface area contributed by atoms with Gasteiger partial charge in [0.05, 0.1) is 38.3 Å². The number of hydrogen-bond acceptors (Lipinski definition) is 7. The summed E-state index contributed by atoms with van der Waals surface area (Å²) in [4.78, 5) is 21.5. The largest absolute Gasteiger partial charge is 0.497 e. The van der Waals surface area contributed by atoms with E-state index in [4.69, 9.17) is 13.9 Å². The Morgan fingerprint density at radius 3 is 2.86 bits per heavy atom. The Morgan fingerprint density at radius 1 is 1.21 bits per heavy atom. The number of ether oxygens (including phenoxy) is 2. The van der Waals surface area contributed by atoms with Crippen LogP contribution in [0.25, 0.3) is 0 Å². The van der Waals surface area contributed by atoms with Gasteiger partial charge in [-0.1, -0.05) is 6.07 Å². The molecular weight excluding hydrogens is 358 g/mol. The third kappa shape index (κ3) is 3.55. The third-order valence-electron chi connectivity index (χ3n) is 4.92. The van der Waals surface area contributed by atoms with Gasteiger partial charge in [-0.25, -0.2) is 9.97 Å². The molecule has 2 heterocycles. The fourth-order valence-electron chi connectivity index (χ4n) is 3.49. The second kappa shape index (κ2) is 7.72. The number of aromatic nitrogens is 2. The normalized spacial score (nSPS) is 15.8. The lowest BCUT2D eigenvalue weighted by molar-refractivity contribution is 0.0962. The second-order valence-electron chi connectivity index (χ2n) is 6.62. The van der Waals surface area contributed by atoms with Gasteiger partial charge in [0, 0.05) is 24.6 Å². The van der Waals surface area contributed by atoms with E-state index in [0.717, 1.165) is 22.8 Å². The molecule has 0 unspecified atom stereocenters. The SMILES string of the molecule is COc1ccc([C@@H]2CC(=O)c3cnc(NCc4ccco4)nc3C2)c(OC)c1. The highest BCUT2D eigenvalue weighted by Crippen LogP contribution is 2.38. The minimum atomic E-state index is -0.00585. The lowest BCUT2D eigenvalue weighted by atomic mass is 9.82. The molecular formula is C21H21N3O4. The van der Waals surface area contributed by atoms with Crippen molar-refractivity contribution in [2.24, 2.45) is 0 Å². The Kier molecular flexibility index (Phi) is 4.97. The highest BCUT2D eigenvalue weighted by Gasteiger charge is 2.30. The van der Waals surface area contributed by atoms with Gasteiger partial charge in [-0.2, -0.15) is 0 Å². The molecule has 1 N–H and O–H groups in total. The van der Waals surface area contributed by atoms with Crippen molar-refractivity contribution in [3.8, 4) is 11.5 Å². The molecule has 0 spiro atoms. The van der Waals surface area contributed by atoms with Crippen LogP contribution in [0.1, 0.15) is 39.7 Å². The first-order valence-corrected chi connectivity index (χ1v) is 9.05. The molecule has 28 heavy (non-hydrogen) atoms. The van der Waals surface area contributed by atoms with E-state index in [1.54, 1.807) is 26.7 Å². The van der Waals surface area contributed by atoms with E-state index in [0.29, 0.717) is 36.6 Å². The van der Waals surface area contributed by atoms with E-state index in [9.17, 15) is 4.79 Å². The van der Waals surface area contributed by atoms with Crippen LogP contribution in [-0.4, -0.2) is 30.0 Å². The van der Waals surface area contributed by atoms with Gasteiger partial charge in [-0.05, 0) is 30.2 Å². The average molecular weight is 379 g/mol. The summed E-state index contributed by atoms with van der Waals surface area (Å²) in [6, 6.07) is 9.38. The zero-order valence-corrected chi connectivity index (χ0v) is 15.8. The summed E-state index contributed by atoms with van der Waals surface area (Å²) in [5.41, 5.74) is 2.31. The molecule has 0 aliphatic heterocycles. The monoisotopic (exact) mass is 379 g/mol. The molecule has 0 fully saturated rings. The molecule has 1 aliphatic rings. The molecule has 0 saturated heterocycles. The lowest BCUT2D eigenvalue weighted by Gasteiger charge is -2.25. The molecule has 4 rings (SSSR count). The Labute approximate surface area is 162 Å². The number of ketones is 1. The fraction of sp³-hybridized carbons (Fsp3) is 0.286. The van der Waals surface area contributed by atoms with Crippen LogP contribution in [0.15, 0.2) is 47.2 Å². The van der Waals surface area contributed by atoms with Crippen LogP contribution >= 0.6 is 0 Å². The van der Waals surface area contributed by atoms with Crippen molar-refractivity contribution in [1.29, 1.82) is 0 Å². The molecule has 7 heteroatoms. The van der Waals surface area contributed by atoms with Gasteiger partial charge in [0.1, 0.15) is 17.3 Å². The number of benzene rings is 1. The van der Waals surface area contributed by atoms with Gasteiger partial charge < -0.3 is 19.2 Å². The number of carbonyl (C=O) groups excluding carboxylic acids is 1. The van der Waals surface area contributed by atoms with Gasteiger partial charge in [0.2, 0.25) is 5.95 Å². The fourth-order valence-corrected chi connectivity index (χ4v) is 3.49. The molecule has 1 aromatic carbocycles. The highest BCUT2D eigenvalue weighted by molar-refractivity contribution is 5.98. The van der Waals surface area contributed by atoms with E-state index >= 15 is 0 Å². The maximum absolute atomic E-state index is 12.7. The predicted molar refractivity (Wildman–Crippen MR) is 103 cm³/mol. The van der Waals surface area contributed by atoms with E-state index in [1.807, 2.05) is 30.3 Å². The predicted octanol–water partition coefficient (Wildman–Crippen LogP) is 3.61. The van der Waals surface area contributed by atoms with Gasteiger partial charge in [-0.3, -0.25) is 4.79 Å². The van der Waals surface area contributed by atoms with Crippen LogP contribution in [0.5, 0.6) is 11.5 Å². The summed E-state index contributed by atoms with van der Waals surface area (Å²) in [6.45, 7) is 0.482. The van der Waals surface area contributed by atoms with E-state index in [2.05, 4.69) is 15.3 Å². The number of carbonyl (C=O) groups is 1. The summed E-state index contributed by atoms with van der Waals surface area (Å²) < 4.78 is 16.1. The Balaban J connectivity index is 1.58. The van der Waals surface area contributed by atoms with Crippen LogP contribution in [0.3, 0.4) is 0 Å². The van der Waals surface area contributed by atoms with Crippen molar-refractivity contribution in [2.75, 3.05) is 19.5 Å². The number of rotatable bonds is 6. The van der Waals surface area contributed by atoms with Crippen molar-refractivity contribution in [2.45, 2.75) is 25.3 Å². The minimum absolute atomic E-state index is 0.00585. The molecule has 0 amide bonds. The van der Waals surface area contributed by atoms with Crippen LogP contribution in [0.4, 0.5) is 5.95 Å². The molecule has 1 atom stereocenters. The van der Waals surface area contributed by atoms with Crippen molar-refractivity contribution in [3.63, 3.8) is 0 Å². The third-order valence-corrected chi connectivity index (χ3v) is 4.92. The summed E-state index contributed by atoms with van der Waals surface area (Å²) in [5.74, 6) is 2.74. The van der Waals surface area contributed by atoms with Gasteiger partial charge in [0.15, 0.2) is 5.78 Å². The highest BCUT2D eigenvalue weighted by atomic mass is 16.5. The number of nitrogens with zero attached hydrogens (tertiary/aromatic N) is 2. The number of methoxy groups -OCH3 is 2. The van der Waals surface area contributed by atoms with Gasteiger partial charge >= 0.3 is 0 Å². The van der Waals surface area contributed by atoms with Crippen LogP contribution in [0.2, 0.25) is 0 Å². The summed E-state index contributed by atoms with van der Waals surface area (Å²) in [7, 11) is 3.23. The number of fused-ring (bicyclic) bond motifs is 1. The van der Waals surface area contributed by atoms with Crippen LogP contribution in [-0.2, 0) is 13.0 Å². The van der Waals surface area contributed by atoms with Gasteiger partial charge in [-0.15, -0.1) is 0 Å². The first-order valence-electron chi connectivity index (χ1n) is 9.05. The molecule has 3 aromatic rings. The molecule has 0 saturated carbocycles. The smallest absolute Gasteiger partial charge is 0.223 e. The first-order chi connectivity index (χ1) is 13.7. The lowest BCUT2D eigenvalue weighted by Crippen LogP contribution is -2.21. The standard InChI is InChI=1S/C21H21N3O4/c1-26-14-5-6-16(20(10-14)27-2)13-8-18-17(19(25)9-13)12-23-21(24-18)22-11-15-4-3-7-28-15/h3-7,10,12-13H,8-9,11H2,1-2H3,(H,22,23,24)/t13-/m0/s1. The zero-order chi connectivity index (χ0) is 19.5. The number of nitrogens with one attached hydrogen (secondary N) is 1. The summed E-state index contributed by atoms with van der Waals surface area (Å²) >= 11 is 0. The molecule has 2 aromatic heterocycles. The Morgan fingerprint density at radius 2 is 2.11 bits per heavy atom. The van der Waals surface area contributed by atoms with Gasteiger partial charge in [0.25, 0.3) is 0 Å². The molecule has 0 bridgehead atoms. The first kappa shape index (κ1) is 18.0. The summed E-state index contributed by atoms with van der Waals surface area (Å²) in [5, 5.41) is 3.14. The second-order valence-corrected chi connectivity index (χ2v) is 6.62. The van der Waals surface area contributed by atoms with Crippen molar-refractivity contribution < 1.29 is 18.7 Å². The van der Waals surface area contributed by atoms with E-state index in [1.165, 1.54) is 0 Å². The van der Waals surface area contributed by atoms with Crippen molar-refractivity contribution >= 4 is 11.7 Å². The van der Waals surface area contributed by atoms with E-state index in [-0.39, 0.29) is 11.7 Å². The quantitative estimate of drug-likeness (QED) is 0.700. The zero-order valence-electron chi connectivity index (χ0n) is 15.8. The average Bonchev–Trinajstić information content (AvgIpc) is 3.25. The van der Waals surface area contributed by atoms with Crippen LogP contribution in [0, 0.1) is 0 Å². The molecule has 144 valence electrons. The summed E-state index contributed by atoms with van der Waals surface area (Å²) in [6.07, 6.45) is 4.27. The molecule has 1 aliphatic carbocycles. The Bertz CT molecular complexity index is 985. The maximum atomic E-state index is 12.7. The minimum Gasteiger partial charge on any atom is -0.497 e. The number of Topliss-reactive ketones (excluding diaryl/α,β-unsaturated/α-hetero) is 1.